The van der Waals surface area contributed by atoms with Gasteiger partial charge in [-0.3, -0.25) is 5.32 Å². The summed E-state index contributed by atoms with van der Waals surface area (Å²) >= 11 is 0. The van der Waals surface area contributed by atoms with E-state index >= 15 is 0 Å². The Morgan fingerprint density at radius 3 is 2.67 bits per heavy atom. The van der Waals surface area contributed by atoms with Crippen molar-refractivity contribution >= 4 is 0 Å². The lowest BCUT2D eigenvalue weighted by Crippen LogP contribution is -2.26. The van der Waals surface area contributed by atoms with E-state index in [-0.39, 0.29) is 25.5 Å². The number of fused-ring (bicyclic) bond motifs is 1. The molecule has 1 aromatic heterocycles. The van der Waals surface area contributed by atoms with Gasteiger partial charge in [0.1, 0.15) is 24.4 Å². The second-order valence-electron chi connectivity index (χ2n) is 7.34. The van der Waals surface area contributed by atoms with E-state index < -0.39 is 12.3 Å². The molecule has 2 heterocycles. The number of aliphatic hydroxyl groups excluding tert-OH is 1. The molecule has 1 aliphatic heterocycles. The van der Waals surface area contributed by atoms with Gasteiger partial charge in [0.2, 0.25) is 11.8 Å². The van der Waals surface area contributed by atoms with Crippen LogP contribution in [0.2, 0.25) is 0 Å². The van der Waals surface area contributed by atoms with Crippen LogP contribution in [0.25, 0.3) is 0 Å². The van der Waals surface area contributed by atoms with Gasteiger partial charge in [-0.2, -0.15) is 9.97 Å². The van der Waals surface area contributed by atoms with Crippen molar-refractivity contribution < 1.29 is 33.5 Å². The Bertz CT molecular complexity index is 1000. The van der Waals surface area contributed by atoms with Crippen molar-refractivity contribution in [2.24, 2.45) is 0 Å². The summed E-state index contributed by atoms with van der Waals surface area (Å²) in [5.74, 6) is 1.83. The number of methoxy groups -OCH3 is 3. The average Bonchev–Trinajstić information content (AvgIpc) is 3.27. The van der Waals surface area contributed by atoms with Gasteiger partial charge in [0.25, 0.3) is 0 Å². The second-order valence-corrected chi connectivity index (χ2v) is 7.34. The van der Waals surface area contributed by atoms with Crippen LogP contribution in [-0.2, 0) is 14.2 Å². The number of rotatable bonds is 10. The minimum Gasteiger partial charge on any atom is -0.481 e. The van der Waals surface area contributed by atoms with E-state index in [0.29, 0.717) is 28.6 Å². The summed E-state index contributed by atoms with van der Waals surface area (Å²) in [5, 5.41) is 14.3. The minimum atomic E-state index is -0.945. The Morgan fingerprint density at radius 1 is 1.18 bits per heavy atom. The number of aliphatic hydroxyl groups is 1. The second kappa shape index (κ2) is 10.6. The topological polar surface area (TPSA) is 113 Å². The Labute approximate surface area is 191 Å². The first-order valence-electron chi connectivity index (χ1n) is 10.4. The molecule has 3 unspecified atom stereocenters. The van der Waals surface area contributed by atoms with Crippen LogP contribution in [0.3, 0.4) is 0 Å². The van der Waals surface area contributed by atoms with E-state index in [1.165, 1.54) is 21.3 Å². The molecule has 1 fully saturated rings. The molecule has 3 atom stereocenters. The van der Waals surface area contributed by atoms with Crippen LogP contribution in [0.4, 0.5) is 0 Å². The first-order chi connectivity index (χ1) is 16.1. The maximum atomic E-state index is 10.9. The summed E-state index contributed by atoms with van der Waals surface area (Å²) in [4.78, 5) is 8.50. The van der Waals surface area contributed by atoms with Crippen molar-refractivity contribution in [1.29, 1.82) is 0 Å². The molecule has 0 radical (unpaired) electrons. The number of benzene rings is 1. The van der Waals surface area contributed by atoms with Gasteiger partial charge in [-0.25, -0.2) is 0 Å². The molecule has 0 bridgehead atoms. The van der Waals surface area contributed by atoms with Crippen molar-refractivity contribution in [2.75, 3.05) is 34.7 Å². The quantitative estimate of drug-likeness (QED) is 0.408. The molecule has 4 rings (SSSR count). The maximum absolute atomic E-state index is 10.9. The third-order valence-electron chi connectivity index (χ3n) is 5.19. The lowest BCUT2D eigenvalue weighted by atomic mass is 10.00. The smallest absolute Gasteiger partial charge is 0.328 e. The van der Waals surface area contributed by atoms with Crippen LogP contribution in [0.15, 0.2) is 48.3 Å². The molecule has 10 nitrogen and oxygen atoms in total. The van der Waals surface area contributed by atoms with Crippen LogP contribution < -0.4 is 19.5 Å². The molecular weight excluding hydrogens is 430 g/mol. The highest BCUT2D eigenvalue weighted by molar-refractivity contribution is 5.46. The Hall–Kier alpha value is -3.18. The summed E-state index contributed by atoms with van der Waals surface area (Å²) in [6.07, 6.45) is 5.26. The number of aromatic nitrogens is 2. The van der Waals surface area contributed by atoms with Crippen molar-refractivity contribution in [3.63, 3.8) is 0 Å². The Kier molecular flexibility index (Phi) is 7.40. The van der Waals surface area contributed by atoms with Crippen LogP contribution in [0.1, 0.15) is 29.9 Å². The van der Waals surface area contributed by atoms with Crippen LogP contribution >= 0.6 is 0 Å². The minimum absolute atomic E-state index is 0.0334. The number of ether oxygens (including phenoxy) is 6. The van der Waals surface area contributed by atoms with Gasteiger partial charge in [0.15, 0.2) is 6.23 Å². The van der Waals surface area contributed by atoms with E-state index in [9.17, 15) is 5.11 Å². The van der Waals surface area contributed by atoms with Crippen molar-refractivity contribution in [1.82, 2.24) is 15.3 Å². The average molecular weight is 457 g/mol. The zero-order chi connectivity index (χ0) is 23.2. The number of hydrogen-bond acceptors (Lipinski definition) is 10. The zero-order valence-corrected chi connectivity index (χ0v) is 18.7. The normalized spacial score (nSPS) is 19.9. The number of allylic oxidation sites excluding steroid dienone is 2. The molecule has 0 spiro atoms. The third kappa shape index (κ3) is 5.25. The molecule has 1 saturated heterocycles. The summed E-state index contributed by atoms with van der Waals surface area (Å²) in [5.41, 5.74) is 1.20. The van der Waals surface area contributed by atoms with E-state index in [4.69, 9.17) is 28.4 Å². The SMILES string of the molecule is COCOCC(O)c1cccc(Oc2nc(OC)cc(OC)n2)c1C1NC2CC=CC=C2O1. The Morgan fingerprint density at radius 2 is 1.97 bits per heavy atom. The fourth-order valence-electron chi connectivity index (χ4n) is 3.67. The summed E-state index contributed by atoms with van der Waals surface area (Å²) < 4.78 is 33.0. The highest BCUT2D eigenvalue weighted by Crippen LogP contribution is 2.40. The maximum Gasteiger partial charge on any atom is 0.328 e. The highest BCUT2D eigenvalue weighted by atomic mass is 16.7. The number of nitrogens with one attached hydrogen (secondary N) is 1. The molecule has 1 aromatic carbocycles. The fourth-order valence-corrected chi connectivity index (χ4v) is 3.67. The van der Waals surface area contributed by atoms with Crippen molar-refractivity contribution in [2.45, 2.75) is 24.8 Å². The molecule has 0 amide bonds. The fraction of sp³-hybridized carbons (Fsp3) is 0.391. The van der Waals surface area contributed by atoms with Gasteiger partial charge >= 0.3 is 6.01 Å². The van der Waals surface area contributed by atoms with Gasteiger partial charge in [0.05, 0.1) is 38.5 Å². The molecule has 1 aliphatic carbocycles. The summed E-state index contributed by atoms with van der Waals surface area (Å²) in [6.45, 7) is 0.104. The van der Waals surface area contributed by atoms with Gasteiger partial charge < -0.3 is 33.5 Å². The molecule has 176 valence electrons. The molecule has 2 N–H and O–H groups in total. The lowest BCUT2D eigenvalue weighted by molar-refractivity contribution is -0.0626. The Balaban J connectivity index is 1.70. The summed E-state index contributed by atoms with van der Waals surface area (Å²) in [7, 11) is 4.51. The third-order valence-corrected chi connectivity index (χ3v) is 5.19. The highest BCUT2D eigenvalue weighted by Gasteiger charge is 2.35. The number of nitrogens with zero attached hydrogens (tertiary/aromatic N) is 2. The standard InChI is InChI=1S/C23H27N3O7/c1-28-13-31-12-16(27)14-7-6-10-18(33-23-25-19(29-2)11-20(26-23)30-3)21(14)22-24-15-8-4-5-9-17(15)32-22/h4-7,9-11,15-16,22,24,27H,8,12-13H2,1-3H3. The van der Waals surface area contributed by atoms with E-state index in [0.717, 1.165) is 12.2 Å². The molecule has 0 saturated carbocycles. The zero-order valence-electron chi connectivity index (χ0n) is 18.7. The van der Waals surface area contributed by atoms with Gasteiger partial charge in [0, 0.05) is 7.11 Å². The van der Waals surface area contributed by atoms with Gasteiger partial charge in [-0.05, 0) is 24.1 Å². The summed E-state index contributed by atoms with van der Waals surface area (Å²) in [6, 6.07) is 6.95. The predicted octanol–water partition coefficient (Wildman–Crippen LogP) is 2.77. The molecular formula is C23H27N3O7. The van der Waals surface area contributed by atoms with E-state index in [2.05, 4.69) is 21.4 Å². The van der Waals surface area contributed by atoms with E-state index in [1.807, 2.05) is 12.2 Å². The van der Waals surface area contributed by atoms with Crippen LogP contribution in [0.5, 0.6) is 23.5 Å². The largest absolute Gasteiger partial charge is 0.481 e. The van der Waals surface area contributed by atoms with Gasteiger partial charge in [-0.15, -0.1) is 0 Å². The van der Waals surface area contributed by atoms with Crippen molar-refractivity contribution in [3.05, 3.63) is 59.4 Å². The predicted molar refractivity (Wildman–Crippen MR) is 117 cm³/mol. The van der Waals surface area contributed by atoms with Gasteiger partial charge in [-0.1, -0.05) is 24.3 Å². The van der Waals surface area contributed by atoms with E-state index in [1.54, 1.807) is 24.3 Å². The molecule has 10 heteroatoms. The molecule has 2 aliphatic rings. The van der Waals surface area contributed by atoms with Crippen LogP contribution in [-0.4, -0.2) is 55.8 Å². The van der Waals surface area contributed by atoms with Crippen LogP contribution in [0, 0.1) is 0 Å². The first kappa shape index (κ1) is 23.0. The molecule has 2 aromatic rings. The molecule has 33 heavy (non-hydrogen) atoms. The lowest BCUT2D eigenvalue weighted by Gasteiger charge is -2.22. The monoisotopic (exact) mass is 457 g/mol. The van der Waals surface area contributed by atoms with Crippen molar-refractivity contribution in [3.8, 4) is 23.5 Å². The number of hydrogen-bond donors (Lipinski definition) is 2. The first-order valence-corrected chi connectivity index (χ1v) is 10.4.